The number of carbonyl (C=O) groups excluding carboxylic acids is 1. The maximum absolute atomic E-state index is 11.6. The van der Waals surface area contributed by atoms with Gasteiger partial charge in [-0.25, -0.2) is 0 Å². The molecule has 0 spiro atoms. The van der Waals surface area contributed by atoms with Gasteiger partial charge >= 0.3 is 0 Å². The molecule has 1 nitrogen and oxygen atoms in total. The number of Topliss-reactive ketones (excluding diaryl/α,β-unsaturated/α-hetero) is 1. The molecule has 1 aromatic rings. The van der Waals surface area contributed by atoms with Crippen LogP contribution in [0.3, 0.4) is 0 Å². The van der Waals surface area contributed by atoms with Gasteiger partial charge in [0.05, 0.1) is 0 Å². The van der Waals surface area contributed by atoms with Gasteiger partial charge in [-0.15, -0.1) is 0 Å². The van der Waals surface area contributed by atoms with Crippen LogP contribution in [-0.4, -0.2) is 5.78 Å². The number of benzene rings is 1. The van der Waals surface area contributed by atoms with Gasteiger partial charge in [-0.3, -0.25) is 4.79 Å². The van der Waals surface area contributed by atoms with Crippen molar-refractivity contribution in [2.45, 2.75) is 38.0 Å². The summed E-state index contributed by atoms with van der Waals surface area (Å²) in [5, 5.41) is 0. The maximum Gasteiger partial charge on any atom is 0.133 e. The zero-order valence-corrected chi connectivity index (χ0v) is 9.56. The van der Waals surface area contributed by atoms with Gasteiger partial charge in [-0.1, -0.05) is 36.8 Å². The summed E-state index contributed by atoms with van der Waals surface area (Å²) in [5.74, 6) is 2.47. The Morgan fingerprint density at radius 2 is 1.81 bits per heavy atom. The van der Waals surface area contributed by atoms with Crippen LogP contribution in [0.2, 0.25) is 0 Å². The lowest BCUT2D eigenvalue weighted by molar-refractivity contribution is -0.117. The average molecular weight is 214 g/mol. The third kappa shape index (κ3) is 1.68. The summed E-state index contributed by atoms with van der Waals surface area (Å²) in [7, 11) is 0. The Labute approximate surface area is 96.9 Å². The fourth-order valence-electron chi connectivity index (χ4n) is 3.67. The summed E-state index contributed by atoms with van der Waals surface area (Å²) in [6.07, 6.45) is 5.55. The summed E-state index contributed by atoms with van der Waals surface area (Å²) in [6.45, 7) is 0. The first-order chi connectivity index (χ1) is 7.84. The van der Waals surface area contributed by atoms with E-state index in [1.807, 2.05) is 0 Å². The fourth-order valence-corrected chi connectivity index (χ4v) is 3.67. The molecule has 1 heteroatoms. The minimum Gasteiger partial charge on any atom is -0.300 e. The van der Waals surface area contributed by atoms with Crippen LogP contribution in [0.15, 0.2) is 30.3 Å². The maximum atomic E-state index is 11.6. The predicted octanol–water partition coefficient (Wildman–Crippen LogP) is 3.55. The number of fused-ring (bicyclic) bond motifs is 1. The van der Waals surface area contributed by atoms with Crippen LogP contribution in [0.1, 0.15) is 43.6 Å². The molecule has 2 fully saturated rings. The van der Waals surface area contributed by atoms with E-state index in [2.05, 4.69) is 30.3 Å². The quantitative estimate of drug-likeness (QED) is 0.698. The van der Waals surface area contributed by atoms with Crippen molar-refractivity contribution < 1.29 is 4.79 Å². The number of ketones is 1. The molecule has 0 amide bonds. The van der Waals surface area contributed by atoms with Crippen LogP contribution in [0.5, 0.6) is 0 Å². The van der Waals surface area contributed by atoms with Crippen molar-refractivity contribution in [3.05, 3.63) is 35.9 Å². The summed E-state index contributed by atoms with van der Waals surface area (Å²) < 4.78 is 0. The monoisotopic (exact) mass is 214 g/mol. The minimum atomic E-state index is 0.498. The van der Waals surface area contributed by atoms with Gasteiger partial charge < -0.3 is 0 Å². The molecule has 1 aromatic carbocycles. The van der Waals surface area contributed by atoms with Crippen molar-refractivity contribution in [3.8, 4) is 0 Å². The molecule has 0 aromatic heterocycles. The Hall–Kier alpha value is -1.11. The third-order valence-electron chi connectivity index (χ3n) is 4.39. The normalized spacial score (nSPS) is 33.8. The highest BCUT2D eigenvalue weighted by Gasteiger charge is 2.40. The standard InChI is InChI=1S/C15H18O/c16-13-9-12-7-4-8-14(15(12)10-13)11-5-2-1-3-6-11/h1-3,5-6,12,14-15H,4,7-10H2/t12-,14-,15+/m0/s1. The van der Waals surface area contributed by atoms with Gasteiger partial charge in [0, 0.05) is 12.8 Å². The molecule has 3 atom stereocenters. The fraction of sp³-hybridized carbons (Fsp3) is 0.533. The molecule has 0 saturated heterocycles. The Balaban J connectivity index is 1.87. The van der Waals surface area contributed by atoms with Crippen molar-refractivity contribution in [1.82, 2.24) is 0 Å². The average Bonchev–Trinajstić information content (AvgIpc) is 2.70. The van der Waals surface area contributed by atoms with Crippen molar-refractivity contribution in [2.24, 2.45) is 11.8 Å². The Bertz CT molecular complexity index is 382. The van der Waals surface area contributed by atoms with Gasteiger partial charge in [0.15, 0.2) is 0 Å². The molecule has 84 valence electrons. The third-order valence-corrected chi connectivity index (χ3v) is 4.39. The van der Waals surface area contributed by atoms with E-state index < -0.39 is 0 Å². The first kappa shape index (κ1) is 10.1. The second-order valence-corrected chi connectivity index (χ2v) is 5.32. The minimum absolute atomic E-state index is 0.498. The lowest BCUT2D eigenvalue weighted by Crippen LogP contribution is -2.22. The van der Waals surface area contributed by atoms with Gasteiger partial charge in [0.25, 0.3) is 0 Å². The van der Waals surface area contributed by atoms with E-state index in [4.69, 9.17) is 0 Å². The van der Waals surface area contributed by atoms with Crippen LogP contribution in [0.25, 0.3) is 0 Å². The number of hydrogen-bond donors (Lipinski definition) is 0. The first-order valence-electron chi connectivity index (χ1n) is 6.41. The lowest BCUT2D eigenvalue weighted by atomic mass is 9.71. The van der Waals surface area contributed by atoms with Crippen LogP contribution >= 0.6 is 0 Å². The molecular formula is C15H18O. The van der Waals surface area contributed by atoms with E-state index in [9.17, 15) is 4.79 Å². The Morgan fingerprint density at radius 1 is 1.00 bits per heavy atom. The number of hydrogen-bond acceptors (Lipinski definition) is 1. The summed E-state index contributed by atoms with van der Waals surface area (Å²) >= 11 is 0. The predicted molar refractivity (Wildman–Crippen MR) is 64.3 cm³/mol. The molecule has 0 N–H and O–H groups in total. The van der Waals surface area contributed by atoms with E-state index >= 15 is 0 Å². The van der Waals surface area contributed by atoms with Crippen molar-refractivity contribution >= 4 is 5.78 Å². The largest absolute Gasteiger partial charge is 0.300 e. The molecule has 0 aliphatic heterocycles. The highest BCUT2D eigenvalue weighted by Crippen LogP contribution is 2.48. The van der Waals surface area contributed by atoms with Gasteiger partial charge in [0.1, 0.15) is 5.78 Å². The van der Waals surface area contributed by atoms with Crippen molar-refractivity contribution in [3.63, 3.8) is 0 Å². The zero-order chi connectivity index (χ0) is 11.0. The van der Waals surface area contributed by atoms with E-state index in [0.717, 1.165) is 12.8 Å². The number of carbonyl (C=O) groups is 1. The highest BCUT2D eigenvalue weighted by molar-refractivity contribution is 5.81. The zero-order valence-electron chi connectivity index (χ0n) is 9.56. The molecule has 2 saturated carbocycles. The molecule has 0 heterocycles. The second kappa shape index (κ2) is 4.04. The van der Waals surface area contributed by atoms with E-state index in [0.29, 0.717) is 23.5 Å². The molecular weight excluding hydrogens is 196 g/mol. The molecule has 16 heavy (non-hydrogen) atoms. The highest BCUT2D eigenvalue weighted by atomic mass is 16.1. The van der Waals surface area contributed by atoms with E-state index in [1.165, 1.54) is 24.8 Å². The van der Waals surface area contributed by atoms with Crippen LogP contribution in [0.4, 0.5) is 0 Å². The first-order valence-corrected chi connectivity index (χ1v) is 6.41. The molecule has 0 bridgehead atoms. The van der Waals surface area contributed by atoms with Gasteiger partial charge in [0.2, 0.25) is 0 Å². The summed E-state index contributed by atoms with van der Waals surface area (Å²) in [6, 6.07) is 10.8. The van der Waals surface area contributed by atoms with Crippen molar-refractivity contribution in [2.75, 3.05) is 0 Å². The molecule has 2 aliphatic rings. The van der Waals surface area contributed by atoms with Crippen LogP contribution in [0, 0.1) is 11.8 Å². The van der Waals surface area contributed by atoms with Gasteiger partial charge in [-0.05, 0) is 36.2 Å². The van der Waals surface area contributed by atoms with Crippen LogP contribution < -0.4 is 0 Å². The second-order valence-electron chi connectivity index (χ2n) is 5.32. The summed E-state index contributed by atoms with van der Waals surface area (Å²) in [4.78, 5) is 11.6. The topological polar surface area (TPSA) is 17.1 Å². The van der Waals surface area contributed by atoms with Crippen molar-refractivity contribution in [1.29, 1.82) is 0 Å². The molecule has 2 aliphatic carbocycles. The number of rotatable bonds is 1. The van der Waals surface area contributed by atoms with E-state index in [1.54, 1.807) is 0 Å². The van der Waals surface area contributed by atoms with E-state index in [-0.39, 0.29) is 0 Å². The Morgan fingerprint density at radius 3 is 2.62 bits per heavy atom. The van der Waals surface area contributed by atoms with Gasteiger partial charge in [-0.2, -0.15) is 0 Å². The summed E-state index contributed by atoms with van der Waals surface area (Å²) in [5.41, 5.74) is 1.45. The molecule has 0 unspecified atom stereocenters. The SMILES string of the molecule is O=C1C[C@@H]2CCC[C@@H](c3ccccc3)[C@@H]2C1. The lowest BCUT2D eigenvalue weighted by Gasteiger charge is -2.33. The molecule has 3 rings (SSSR count). The smallest absolute Gasteiger partial charge is 0.133 e. The Kier molecular flexibility index (Phi) is 2.55. The molecule has 0 radical (unpaired) electrons. The van der Waals surface area contributed by atoms with Crippen LogP contribution in [-0.2, 0) is 4.79 Å².